The molecule has 0 fully saturated rings. The highest BCUT2D eigenvalue weighted by Gasteiger charge is 2.09. The standard InChI is InChI=1S/C12H15N3O/c1-2-8-14-11-6-4-3-5-10(11)12(16)15-9-7-13/h3-6,14H,2,8-9H2,1H3,(H,15,16). The molecule has 84 valence electrons. The molecule has 0 atom stereocenters. The molecule has 1 aromatic rings. The second-order valence-electron chi connectivity index (χ2n) is 3.31. The Balaban J connectivity index is 2.77. The van der Waals surface area contributed by atoms with Crippen molar-refractivity contribution in [2.24, 2.45) is 0 Å². The number of nitrogens with zero attached hydrogens (tertiary/aromatic N) is 1. The predicted octanol–water partition coefficient (Wildman–Crippen LogP) is 1.76. The number of nitriles is 1. The van der Waals surface area contributed by atoms with Crippen molar-refractivity contribution in [3.63, 3.8) is 0 Å². The van der Waals surface area contributed by atoms with Crippen LogP contribution in [0.5, 0.6) is 0 Å². The average Bonchev–Trinajstić information content (AvgIpc) is 2.33. The van der Waals surface area contributed by atoms with E-state index in [-0.39, 0.29) is 12.5 Å². The Hall–Kier alpha value is -2.02. The van der Waals surface area contributed by atoms with E-state index in [4.69, 9.17) is 5.26 Å². The lowest BCUT2D eigenvalue weighted by molar-refractivity contribution is 0.0959. The molecule has 4 heteroatoms. The van der Waals surface area contributed by atoms with Crippen LogP contribution in [0, 0.1) is 11.3 Å². The van der Waals surface area contributed by atoms with Gasteiger partial charge in [0.15, 0.2) is 0 Å². The number of amides is 1. The summed E-state index contributed by atoms with van der Waals surface area (Å²) in [5.41, 5.74) is 1.38. The minimum Gasteiger partial charge on any atom is -0.384 e. The van der Waals surface area contributed by atoms with Crippen LogP contribution in [0.2, 0.25) is 0 Å². The molecule has 0 saturated heterocycles. The molecule has 0 aliphatic carbocycles. The zero-order valence-electron chi connectivity index (χ0n) is 9.29. The quantitative estimate of drug-likeness (QED) is 0.739. The van der Waals surface area contributed by atoms with Gasteiger partial charge in [-0.2, -0.15) is 5.26 Å². The van der Waals surface area contributed by atoms with Crippen molar-refractivity contribution in [1.29, 1.82) is 5.26 Å². The largest absolute Gasteiger partial charge is 0.384 e. The van der Waals surface area contributed by atoms with Gasteiger partial charge in [0.25, 0.3) is 5.91 Å². The van der Waals surface area contributed by atoms with Gasteiger partial charge < -0.3 is 10.6 Å². The molecule has 2 N–H and O–H groups in total. The van der Waals surface area contributed by atoms with Gasteiger partial charge >= 0.3 is 0 Å². The Kier molecular flexibility index (Phi) is 4.87. The highest BCUT2D eigenvalue weighted by Crippen LogP contribution is 2.14. The molecule has 1 amide bonds. The fraction of sp³-hybridized carbons (Fsp3) is 0.333. The van der Waals surface area contributed by atoms with E-state index in [1.54, 1.807) is 12.1 Å². The molecule has 0 saturated carbocycles. The maximum atomic E-state index is 11.7. The molecule has 1 aromatic carbocycles. The fourth-order valence-corrected chi connectivity index (χ4v) is 1.31. The van der Waals surface area contributed by atoms with Gasteiger partial charge in [0.05, 0.1) is 11.6 Å². The monoisotopic (exact) mass is 217 g/mol. The predicted molar refractivity (Wildman–Crippen MR) is 63.2 cm³/mol. The molecule has 0 bridgehead atoms. The molecule has 0 unspecified atom stereocenters. The van der Waals surface area contributed by atoms with Crippen LogP contribution in [0.15, 0.2) is 24.3 Å². The Labute approximate surface area is 95.3 Å². The lowest BCUT2D eigenvalue weighted by atomic mass is 10.1. The molecule has 0 aliphatic heterocycles. The summed E-state index contributed by atoms with van der Waals surface area (Å²) in [4.78, 5) is 11.7. The van der Waals surface area contributed by atoms with E-state index < -0.39 is 0 Å². The smallest absolute Gasteiger partial charge is 0.254 e. The van der Waals surface area contributed by atoms with Crippen LogP contribution in [-0.4, -0.2) is 19.0 Å². The molecule has 4 nitrogen and oxygen atoms in total. The molecular formula is C12H15N3O. The van der Waals surface area contributed by atoms with Crippen LogP contribution >= 0.6 is 0 Å². The van der Waals surface area contributed by atoms with Crippen LogP contribution in [-0.2, 0) is 0 Å². The number of benzene rings is 1. The Morgan fingerprint density at radius 1 is 1.44 bits per heavy atom. The Bertz CT molecular complexity index is 395. The summed E-state index contributed by atoms with van der Waals surface area (Å²) in [6.45, 7) is 2.91. The van der Waals surface area contributed by atoms with E-state index in [0.29, 0.717) is 5.56 Å². The first-order valence-electron chi connectivity index (χ1n) is 5.27. The first-order chi connectivity index (χ1) is 7.79. The van der Waals surface area contributed by atoms with Crippen molar-refractivity contribution in [2.45, 2.75) is 13.3 Å². The summed E-state index contributed by atoms with van der Waals surface area (Å²) in [6.07, 6.45) is 0.994. The maximum Gasteiger partial charge on any atom is 0.254 e. The zero-order chi connectivity index (χ0) is 11.8. The average molecular weight is 217 g/mol. The number of anilines is 1. The number of hydrogen-bond acceptors (Lipinski definition) is 3. The summed E-state index contributed by atoms with van der Waals surface area (Å²) in [7, 11) is 0. The summed E-state index contributed by atoms with van der Waals surface area (Å²) < 4.78 is 0. The number of rotatable bonds is 5. The summed E-state index contributed by atoms with van der Waals surface area (Å²) in [5, 5.41) is 14.1. The normalized spacial score (nSPS) is 9.25. The first-order valence-corrected chi connectivity index (χ1v) is 5.27. The van der Waals surface area contributed by atoms with Gasteiger partial charge in [0, 0.05) is 12.2 Å². The lowest BCUT2D eigenvalue weighted by Gasteiger charge is -2.10. The third-order valence-electron chi connectivity index (χ3n) is 2.07. The van der Waals surface area contributed by atoms with Crippen LogP contribution in [0.4, 0.5) is 5.69 Å². The summed E-state index contributed by atoms with van der Waals surface area (Å²) in [6, 6.07) is 9.16. The van der Waals surface area contributed by atoms with Crippen molar-refractivity contribution >= 4 is 11.6 Å². The number of nitrogens with one attached hydrogen (secondary N) is 2. The van der Waals surface area contributed by atoms with Gasteiger partial charge in [-0.25, -0.2) is 0 Å². The first kappa shape index (κ1) is 12.1. The van der Waals surface area contributed by atoms with Gasteiger partial charge in [-0.05, 0) is 18.6 Å². The number of para-hydroxylation sites is 1. The Morgan fingerprint density at radius 3 is 2.88 bits per heavy atom. The molecule has 0 radical (unpaired) electrons. The maximum absolute atomic E-state index is 11.7. The third-order valence-corrected chi connectivity index (χ3v) is 2.07. The molecule has 0 heterocycles. The Morgan fingerprint density at radius 2 is 2.19 bits per heavy atom. The zero-order valence-corrected chi connectivity index (χ0v) is 9.29. The molecule has 0 aliphatic rings. The molecule has 0 spiro atoms. The van der Waals surface area contributed by atoms with E-state index in [2.05, 4.69) is 17.6 Å². The summed E-state index contributed by atoms with van der Waals surface area (Å²) >= 11 is 0. The third kappa shape index (κ3) is 3.28. The van der Waals surface area contributed by atoms with Crippen molar-refractivity contribution in [2.75, 3.05) is 18.4 Å². The van der Waals surface area contributed by atoms with E-state index >= 15 is 0 Å². The topological polar surface area (TPSA) is 64.9 Å². The highest BCUT2D eigenvalue weighted by molar-refractivity contribution is 5.99. The van der Waals surface area contributed by atoms with Crippen molar-refractivity contribution in [3.8, 4) is 6.07 Å². The minimum absolute atomic E-state index is 0.0287. The number of carbonyl (C=O) groups is 1. The lowest BCUT2D eigenvalue weighted by Crippen LogP contribution is -2.24. The van der Waals surface area contributed by atoms with Crippen molar-refractivity contribution in [1.82, 2.24) is 5.32 Å². The molecule has 0 aromatic heterocycles. The van der Waals surface area contributed by atoms with Gasteiger partial charge in [-0.15, -0.1) is 0 Å². The molecule has 16 heavy (non-hydrogen) atoms. The second kappa shape index (κ2) is 6.46. The van der Waals surface area contributed by atoms with E-state index in [1.165, 1.54) is 0 Å². The van der Waals surface area contributed by atoms with Crippen molar-refractivity contribution in [3.05, 3.63) is 29.8 Å². The fourth-order valence-electron chi connectivity index (χ4n) is 1.31. The SMILES string of the molecule is CCCNc1ccccc1C(=O)NCC#N. The number of hydrogen-bond donors (Lipinski definition) is 2. The van der Waals surface area contributed by atoms with Gasteiger partial charge in [0.2, 0.25) is 0 Å². The van der Waals surface area contributed by atoms with Crippen LogP contribution in [0.3, 0.4) is 0 Å². The van der Waals surface area contributed by atoms with E-state index in [1.807, 2.05) is 18.2 Å². The summed E-state index contributed by atoms with van der Waals surface area (Å²) in [5.74, 6) is -0.222. The van der Waals surface area contributed by atoms with Crippen LogP contribution < -0.4 is 10.6 Å². The van der Waals surface area contributed by atoms with Crippen LogP contribution in [0.25, 0.3) is 0 Å². The molecular weight excluding hydrogens is 202 g/mol. The minimum atomic E-state index is -0.222. The van der Waals surface area contributed by atoms with E-state index in [0.717, 1.165) is 18.7 Å². The van der Waals surface area contributed by atoms with Gasteiger partial charge in [-0.1, -0.05) is 19.1 Å². The second-order valence-corrected chi connectivity index (χ2v) is 3.31. The van der Waals surface area contributed by atoms with Gasteiger partial charge in [0.1, 0.15) is 6.54 Å². The highest BCUT2D eigenvalue weighted by atomic mass is 16.1. The van der Waals surface area contributed by atoms with Crippen LogP contribution in [0.1, 0.15) is 23.7 Å². The van der Waals surface area contributed by atoms with E-state index in [9.17, 15) is 4.79 Å². The van der Waals surface area contributed by atoms with Crippen molar-refractivity contribution < 1.29 is 4.79 Å². The van der Waals surface area contributed by atoms with Gasteiger partial charge in [-0.3, -0.25) is 4.79 Å². The molecule has 1 rings (SSSR count). The number of carbonyl (C=O) groups excluding carboxylic acids is 1.